The van der Waals surface area contributed by atoms with E-state index in [2.05, 4.69) is 10.6 Å². The average molecular weight is 390 g/mol. The van der Waals surface area contributed by atoms with Gasteiger partial charge in [-0.15, -0.1) is 0 Å². The summed E-state index contributed by atoms with van der Waals surface area (Å²) >= 11 is 0. The summed E-state index contributed by atoms with van der Waals surface area (Å²) in [5.74, 6) is -0.741. The molecule has 9 heteroatoms. The molecule has 9 nitrogen and oxygen atoms in total. The van der Waals surface area contributed by atoms with Gasteiger partial charge in [-0.3, -0.25) is 24.5 Å². The van der Waals surface area contributed by atoms with E-state index in [-0.39, 0.29) is 23.4 Å². The third kappa shape index (κ3) is 5.51. The molecule has 0 saturated carbocycles. The van der Waals surface area contributed by atoms with Crippen molar-refractivity contribution in [3.05, 3.63) is 34.4 Å². The quantitative estimate of drug-likeness (QED) is 0.545. The molecule has 0 bridgehead atoms. The summed E-state index contributed by atoms with van der Waals surface area (Å²) in [4.78, 5) is 48.8. The highest BCUT2D eigenvalue weighted by Crippen LogP contribution is 2.19. The molecule has 1 aliphatic rings. The van der Waals surface area contributed by atoms with Gasteiger partial charge in [-0.25, -0.2) is 0 Å². The molecule has 1 saturated heterocycles. The van der Waals surface area contributed by atoms with Gasteiger partial charge in [0.05, 0.1) is 4.92 Å². The van der Waals surface area contributed by atoms with Crippen LogP contribution < -0.4 is 10.6 Å². The molecule has 0 unspecified atom stereocenters. The first kappa shape index (κ1) is 21.3. The molecule has 1 fully saturated rings. The van der Waals surface area contributed by atoms with Gasteiger partial charge >= 0.3 is 0 Å². The van der Waals surface area contributed by atoms with E-state index in [9.17, 15) is 24.5 Å². The van der Waals surface area contributed by atoms with Crippen LogP contribution in [0.1, 0.15) is 40.0 Å². The molecule has 152 valence electrons. The van der Waals surface area contributed by atoms with Gasteiger partial charge in [0.15, 0.2) is 0 Å². The summed E-state index contributed by atoms with van der Waals surface area (Å²) in [6.07, 6.45) is 1.75. The molecule has 1 heterocycles. The monoisotopic (exact) mass is 390 g/mol. The Kier molecular flexibility index (Phi) is 7.08. The third-order valence-corrected chi connectivity index (χ3v) is 4.65. The number of carbonyl (C=O) groups is 3. The fourth-order valence-corrected chi connectivity index (χ4v) is 3.28. The number of hydrogen-bond acceptors (Lipinski definition) is 5. The van der Waals surface area contributed by atoms with Gasteiger partial charge in [-0.1, -0.05) is 13.8 Å². The summed E-state index contributed by atoms with van der Waals surface area (Å²) in [6, 6.07) is 4.16. The number of nitrogens with zero attached hydrogens (tertiary/aromatic N) is 2. The van der Waals surface area contributed by atoms with E-state index in [4.69, 9.17) is 0 Å². The largest absolute Gasteiger partial charge is 0.342 e. The summed E-state index contributed by atoms with van der Waals surface area (Å²) in [5, 5.41) is 16.2. The maximum absolute atomic E-state index is 12.7. The summed E-state index contributed by atoms with van der Waals surface area (Å²) in [6.45, 7) is 5.85. The maximum atomic E-state index is 12.7. The van der Waals surface area contributed by atoms with Gasteiger partial charge in [-0.05, 0) is 37.3 Å². The molecule has 3 amide bonds. The van der Waals surface area contributed by atoms with Crippen LogP contribution in [0.15, 0.2) is 24.3 Å². The van der Waals surface area contributed by atoms with E-state index in [0.717, 1.165) is 6.42 Å². The van der Waals surface area contributed by atoms with Crippen LogP contribution in [0.2, 0.25) is 0 Å². The van der Waals surface area contributed by atoms with Crippen LogP contribution in [0.3, 0.4) is 0 Å². The number of likely N-dealkylation sites (tertiary alicyclic amines) is 1. The second-order valence-electron chi connectivity index (χ2n) is 7.35. The van der Waals surface area contributed by atoms with E-state index in [1.54, 1.807) is 0 Å². The van der Waals surface area contributed by atoms with E-state index in [0.29, 0.717) is 25.1 Å². The number of amides is 3. The lowest BCUT2D eigenvalue weighted by molar-refractivity contribution is -0.384. The molecule has 0 aromatic heterocycles. The minimum atomic E-state index is -0.767. The van der Waals surface area contributed by atoms with Gasteiger partial charge in [-0.2, -0.15) is 0 Å². The van der Waals surface area contributed by atoms with Crippen LogP contribution in [-0.4, -0.2) is 46.2 Å². The number of benzene rings is 1. The number of nitrogens with one attached hydrogen (secondary N) is 2. The predicted molar refractivity (Wildman–Crippen MR) is 104 cm³/mol. The lowest BCUT2D eigenvalue weighted by atomic mass is 10.0. The van der Waals surface area contributed by atoms with Crippen molar-refractivity contribution in [2.45, 2.75) is 52.1 Å². The SMILES string of the molecule is CC(=O)N1CCC[C@H]1C(=O)N[C@@H](CC(C)C)C(=O)Nc1ccc([N+](=O)[O-])cc1. The first-order valence-electron chi connectivity index (χ1n) is 9.32. The zero-order valence-electron chi connectivity index (χ0n) is 16.3. The molecule has 1 aromatic rings. The van der Waals surface area contributed by atoms with E-state index >= 15 is 0 Å². The smallest absolute Gasteiger partial charge is 0.269 e. The molecule has 0 spiro atoms. The zero-order chi connectivity index (χ0) is 20.8. The fraction of sp³-hybridized carbons (Fsp3) is 0.526. The third-order valence-electron chi connectivity index (χ3n) is 4.65. The van der Waals surface area contributed by atoms with Crippen LogP contribution in [0.5, 0.6) is 0 Å². The highest BCUT2D eigenvalue weighted by Gasteiger charge is 2.34. The number of nitro groups is 1. The van der Waals surface area contributed by atoms with Gasteiger partial charge in [0, 0.05) is 31.3 Å². The van der Waals surface area contributed by atoms with Gasteiger partial charge in [0.25, 0.3) is 5.69 Å². The Hall–Kier alpha value is -2.97. The van der Waals surface area contributed by atoms with Crippen LogP contribution in [0.4, 0.5) is 11.4 Å². The highest BCUT2D eigenvalue weighted by molar-refractivity contribution is 5.98. The molecule has 1 aromatic carbocycles. The molecule has 0 aliphatic carbocycles. The average Bonchev–Trinajstić information content (AvgIpc) is 3.11. The second kappa shape index (κ2) is 9.29. The first-order valence-corrected chi connectivity index (χ1v) is 9.32. The Labute approximate surface area is 163 Å². The Morgan fingerprint density at radius 2 is 1.89 bits per heavy atom. The first-order chi connectivity index (χ1) is 13.2. The van der Waals surface area contributed by atoms with Crippen molar-refractivity contribution in [3.8, 4) is 0 Å². The Morgan fingerprint density at radius 3 is 2.43 bits per heavy atom. The molecule has 2 N–H and O–H groups in total. The molecular formula is C19H26N4O5. The maximum Gasteiger partial charge on any atom is 0.269 e. The topological polar surface area (TPSA) is 122 Å². The number of nitro benzene ring substituents is 1. The van der Waals surface area contributed by atoms with Gasteiger partial charge in [0.1, 0.15) is 12.1 Å². The summed E-state index contributed by atoms with van der Waals surface area (Å²) in [5.41, 5.74) is 0.334. The number of rotatable bonds is 7. The molecule has 2 atom stereocenters. The molecule has 28 heavy (non-hydrogen) atoms. The minimum Gasteiger partial charge on any atom is -0.342 e. The van der Waals surface area contributed by atoms with Crippen molar-refractivity contribution in [2.24, 2.45) is 5.92 Å². The molecular weight excluding hydrogens is 364 g/mol. The number of hydrogen-bond donors (Lipinski definition) is 2. The predicted octanol–water partition coefficient (Wildman–Crippen LogP) is 2.08. The molecule has 1 aliphatic heterocycles. The van der Waals surface area contributed by atoms with Crippen molar-refractivity contribution in [2.75, 3.05) is 11.9 Å². The normalized spacial score (nSPS) is 17.3. The van der Waals surface area contributed by atoms with Crippen LogP contribution >= 0.6 is 0 Å². The summed E-state index contributed by atoms with van der Waals surface area (Å²) < 4.78 is 0. The second-order valence-corrected chi connectivity index (χ2v) is 7.35. The van der Waals surface area contributed by atoms with Crippen LogP contribution in [0.25, 0.3) is 0 Å². The lowest BCUT2D eigenvalue weighted by Crippen LogP contribution is -2.52. The number of anilines is 1. The fourth-order valence-electron chi connectivity index (χ4n) is 3.28. The van der Waals surface area contributed by atoms with Crippen LogP contribution in [0, 0.1) is 16.0 Å². The van der Waals surface area contributed by atoms with Crippen molar-refractivity contribution in [3.63, 3.8) is 0 Å². The van der Waals surface area contributed by atoms with E-state index < -0.39 is 22.9 Å². The summed E-state index contributed by atoms with van der Waals surface area (Å²) in [7, 11) is 0. The highest BCUT2D eigenvalue weighted by atomic mass is 16.6. The van der Waals surface area contributed by atoms with E-state index in [1.165, 1.54) is 36.1 Å². The van der Waals surface area contributed by atoms with E-state index in [1.807, 2.05) is 13.8 Å². The van der Waals surface area contributed by atoms with Crippen LogP contribution in [-0.2, 0) is 14.4 Å². The number of non-ortho nitro benzene ring substituents is 1. The van der Waals surface area contributed by atoms with Gasteiger partial charge in [0.2, 0.25) is 17.7 Å². The Balaban J connectivity index is 2.07. The lowest BCUT2D eigenvalue weighted by Gasteiger charge is -2.26. The molecule has 0 radical (unpaired) electrons. The molecule has 2 rings (SSSR count). The van der Waals surface area contributed by atoms with Gasteiger partial charge < -0.3 is 15.5 Å². The number of carbonyl (C=O) groups excluding carboxylic acids is 3. The van der Waals surface area contributed by atoms with Crippen molar-refractivity contribution < 1.29 is 19.3 Å². The van der Waals surface area contributed by atoms with Crippen molar-refractivity contribution in [1.29, 1.82) is 0 Å². The Bertz CT molecular complexity index is 747. The van der Waals surface area contributed by atoms with Crippen molar-refractivity contribution in [1.82, 2.24) is 10.2 Å². The Morgan fingerprint density at radius 1 is 1.25 bits per heavy atom. The van der Waals surface area contributed by atoms with Crippen molar-refractivity contribution >= 4 is 29.1 Å². The standard InChI is InChI=1S/C19H26N4O5/c1-12(2)11-16(21-19(26)17-5-4-10-22(17)13(3)24)18(25)20-14-6-8-15(9-7-14)23(27)28/h6-9,12,16-17H,4-5,10-11H2,1-3H3,(H,20,25)(H,21,26)/t16-,17-/m0/s1. The minimum absolute atomic E-state index is 0.0735. The zero-order valence-corrected chi connectivity index (χ0v) is 16.3.